The van der Waals surface area contributed by atoms with Gasteiger partial charge in [-0.15, -0.1) is 0 Å². The van der Waals surface area contributed by atoms with Crippen molar-refractivity contribution in [3.05, 3.63) is 38.9 Å². The van der Waals surface area contributed by atoms with Crippen molar-refractivity contribution in [1.29, 1.82) is 0 Å². The second-order valence-electron chi connectivity index (χ2n) is 4.30. The molecule has 0 unspecified atom stereocenters. The van der Waals surface area contributed by atoms with E-state index in [4.69, 9.17) is 21.1 Å². The number of halogens is 1. The molecule has 0 bridgehead atoms. The first-order chi connectivity index (χ1) is 9.58. The minimum atomic E-state index is -0.472. The van der Waals surface area contributed by atoms with Gasteiger partial charge in [0, 0.05) is 39.9 Å². The fourth-order valence-electron chi connectivity index (χ4n) is 1.77. The number of nitrogens with zero attached hydrogens (tertiary/aromatic N) is 2. The Morgan fingerprint density at radius 2 is 1.85 bits per heavy atom. The number of ether oxygens (including phenoxy) is 2. The van der Waals surface area contributed by atoms with Gasteiger partial charge in [0.2, 0.25) is 0 Å². The molecule has 1 aromatic carbocycles. The van der Waals surface area contributed by atoms with Gasteiger partial charge >= 0.3 is 0 Å². The van der Waals surface area contributed by atoms with Crippen molar-refractivity contribution in [2.45, 2.75) is 6.54 Å². The van der Waals surface area contributed by atoms with Crippen LogP contribution in [0.25, 0.3) is 0 Å². The minimum absolute atomic E-state index is 0.0670. The highest BCUT2D eigenvalue weighted by Gasteiger charge is 2.14. The molecule has 0 saturated heterocycles. The van der Waals surface area contributed by atoms with Crippen LogP contribution in [0.5, 0.6) is 0 Å². The number of nitro benzene ring substituents is 1. The Hall–Kier alpha value is -1.21. The van der Waals surface area contributed by atoms with E-state index in [9.17, 15) is 10.1 Å². The van der Waals surface area contributed by atoms with Gasteiger partial charge in [-0.2, -0.15) is 0 Å². The summed E-state index contributed by atoms with van der Waals surface area (Å²) in [6.07, 6.45) is 0. The van der Waals surface area contributed by atoms with Gasteiger partial charge in [-0.3, -0.25) is 15.0 Å². The van der Waals surface area contributed by atoms with E-state index >= 15 is 0 Å². The molecule has 6 nitrogen and oxygen atoms in total. The topological polar surface area (TPSA) is 64.8 Å². The third-order valence-electron chi connectivity index (χ3n) is 2.84. The summed E-state index contributed by atoms with van der Waals surface area (Å²) in [4.78, 5) is 12.5. The highest BCUT2D eigenvalue weighted by atomic mass is 35.5. The summed E-state index contributed by atoms with van der Waals surface area (Å²) < 4.78 is 10.1. The lowest BCUT2D eigenvalue weighted by atomic mass is 10.2. The standard InChI is InChI=1S/C13H19ClN2O4/c1-19-7-5-15(6-8-20-2)10-11-3-4-12(14)13(9-11)16(17)18/h3-4,9H,5-8,10H2,1-2H3. The SMILES string of the molecule is COCCN(CCOC)Cc1ccc(Cl)c([N+](=O)[O-])c1. The van der Waals surface area contributed by atoms with Crippen molar-refractivity contribution in [3.63, 3.8) is 0 Å². The number of hydrogen-bond donors (Lipinski definition) is 0. The molecule has 0 atom stereocenters. The summed E-state index contributed by atoms with van der Waals surface area (Å²) in [6, 6.07) is 4.86. The Labute approximate surface area is 123 Å². The van der Waals surface area contributed by atoms with Gasteiger partial charge in [-0.25, -0.2) is 0 Å². The first-order valence-electron chi connectivity index (χ1n) is 6.21. The molecule has 0 aliphatic heterocycles. The van der Waals surface area contributed by atoms with E-state index in [0.717, 1.165) is 18.7 Å². The molecule has 0 aliphatic carbocycles. The Morgan fingerprint density at radius 1 is 1.25 bits per heavy atom. The fraction of sp³-hybridized carbons (Fsp3) is 0.538. The quantitative estimate of drug-likeness (QED) is 0.517. The lowest BCUT2D eigenvalue weighted by Crippen LogP contribution is -2.30. The molecule has 0 N–H and O–H groups in total. The lowest BCUT2D eigenvalue weighted by Gasteiger charge is -2.21. The minimum Gasteiger partial charge on any atom is -0.383 e. The second-order valence-corrected chi connectivity index (χ2v) is 4.71. The third-order valence-corrected chi connectivity index (χ3v) is 3.16. The molecule has 0 heterocycles. The summed E-state index contributed by atoms with van der Waals surface area (Å²) in [6.45, 7) is 3.25. The van der Waals surface area contributed by atoms with Crippen LogP contribution < -0.4 is 0 Å². The Bertz CT molecular complexity index is 434. The van der Waals surface area contributed by atoms with Crippen LogP contribution in [0.2, 0.25) is 5.02 Å². The smallest absolute Gasteiger partial charge is 0.288 e. The highest BCUT2D eigenvalue weighted by molar-refractivity contribution is 6.32. The van der Waals surface area contributed by atoms with E-state index in [-0.39, 0.29) is 10.7 Å². The summed E-state index contributed by atoms with van der Waals surface area (Å²) in [7, 11) is 3.28. The summed E-state index contributed by atoms with van der Waals surface area (Å²) in [5.74, 6) is 0. The van der Waals surface area contributed by atoms with Crippen molar-refractivity contribution < 1.29 is 14.4 Å². The largest absolute Gasteiger partial charge is 0.383 e. The number of benzene rings is 1. The van der Waals surface area contributed by atoms with Crippen molar-refractivity contribution in [2.75, 3.05) is 40.5 Å². The van der Waals surface area contributed by atoms with Crippen molar-refractivity contribution >= 4 is 17.3 Å². The van der Waals surface area contributed by atoms with Crippen LogP contribution in [0.3, 0.4) is 0 Å². The Kier molecular flexibility index (Phi) is 7.46. The molecular formula is C13H19ClN2O4. The van der Waals surface area contributed by atoms with Crippen LogP contribution in [0.1, 0.15) is 5.56 Å². The van der Waals surface area contributed by atoms with Crippen molar-refractivity contribution in [3.8, 4) is 0 Å². The first kappa shape index (κ1) is 16.8. The van der Waals surface area contributed by atoms with Gasteiger partial charge in [0.05, 0.1) is 18.1 Å². The van der Waals surface area contributed by atoms with Gasteiger partial charge in [0.15, 0.2) is 0 Å². The zero-order valence-corrected chi connectivity index (χ0v) is 12.4. The molecule has 1 aromatic rings. The number of nitro groups is 1. The first-order valence-corrected chi connectivity index (χ1v) is 6.59. The molecule has 0 radical (unpaired) electrons. The zero-order valence-electron chi connectivity index (χ0n) is 11.7. The average Bonchev–Trinajstić information content (AvgIpc) is 2.43. The van der Waals surface area contributed by atoms with Gasteiger partial charge in [-0.05, 0) is 11.6 Å². The molecule has 7 heteroatoms. The maximum atomic E-state index is 10.9. The summed E-state index contributed by atoms with van der Waals surface area (Å²) >= 11 is 5.80. The molecule has 1 rings (SSSR count). The fourth-order valence-corrected chi connectivity index (χ4v) is 1.95. The molecule has 0 aliphatic rings. The molecule has 0 fully saturated rings. The monoisotopic (exact) mass is 302 g/mol. The van der Waals surface area contributed by atoms with Gasteiger partial charge in [0.1, 0.15) is 5.02 Å². The average molecular weight is 303 g/mol. The van der Waals surface area contributed by atoms with E-state index in [1.807, 2.05) is 0 Å². The van der Waals surface area contributed by atoms with Crippen molar-refractivity contribution in [1.82, 2.24) is 4.90 Å². The predicted octanol–water partition coefficient (Wildman–Crippen LogP) is 2.34. The number of methoxy groups -OCH3 is 2. The van der Waals surface area contributed by atoms with Crippen LogP contribution >= 0.6 is 11.6 Å². The Balaban J connectivity index is 2.76. The second kappa shape index (κ2) is 8.86. The Morgan fingerprint density at radius 3 is 2.35 bits per heavy atom. The summed E-state index contributed by atoms with van der Waals surface area (Å²) in [5, 5.41) is 11.0. The maximum Gasteiger partial charge on any atom is 0.288 e. The van der Waals surface area contributed by atoms with Gasteiger partial charge < -0.3 is 9.47 Å². The number of hydrogen-bond acceptors (Lipinski definition) is 5. The van der Waals surface area contributed by atoms with Crippen LogP contribution in [-0.4, -0.2) is 50.3 Å². The van der Waals surface area contributed by atoms with E-state index in [1.165, 1.54) is 6.07 Å². The van der Waals surface area contributed by atoms with E-state index in [1.54, 1.807) is 26.4 Å². The molecule has 0 aromatic heterocycles. The lowest BCUT2D eigenvalue weighted by molar-refractivity contribution is -0.384. The zero-order chi connectivity index (χ0) is 15.0. The van der Waals surface area contributed by atoms with E-state index in [0.29, 0.717) is 19.8 Å². The predicted molar refractivity (Wildman–Crippen MR) is 77.1 cm³/mol. The van der Waals surface area contributed by atoms with E-state index in [2.05, 4.69) is 4.90 Å². The summed E-state index contributed by atoms with van der Waals surface area (Å²) in [5.41, 5.74) is 0.774. The van der Waals surface area contributed by atoms with Crippen LogP contribution in [0.4, 0.5) is 5.69 Å². The molecule has 112 valence electrons. The highest BCUT2D eigenvalue weighted by Crippen LogP contribution is 2.25. The van der Waals surface area contributed by atoms with Gasteiger partial charge in [0.25, 0.3) is 5.69 Å². The molecule has 0 saturated carbocycles. The maximum absolute atomic E-state index is 10.9. The number of rotatable bonds is 9. The molecule has 20 heavy (non-hydrogen) atoms. The van der Waals surface area contributed by atoms with Crippen molar-refractivity contribution in [2.24, 2.45) is 0 Å². The molecule has 0 amide bonds. The molecule has 0 spiro atoms. The van der Waals surface area contributed by atoms with Crippen LogP contribution in [0, 0.1) is 10.1 Å². The molecular weight excluding hydrogens is 284 g/mol. The van der Waals surface area contributed by atoms with Crippen LogP contribution in [-0.2, 0) is 16.0 Å². The van der Waals surface area contributed by atoms with Gasteiger partial charge in [-0.1, -0.05) is 17.7 Å². The normalized spacial score (nSPS) is 11.0. The van der Waals surface area contributed by atoms with Crippen LogP contribution in [0.15, 0.2) is 18.2 Å². The third kappa shape index (κ3) is 5.42. The van der Waals surface area contributed by atoms with E-state index < -0.39 is 4.92 Å².